The molecule has 1 saturated heterocycles. The molecule has 0 spiro atoms. The SMILES string of the molecule is CN(C)Cc1ccc(CC2CCN(Oc3ccc(F)cc3)C(=C=O)C2)cc1.Cl. The van der Waals surface area contributed by atoms with E-state index in [9.17, 15) is 9.18 Å². The largest absolute Gasteiger partial charge is 0.379 e. The molecule has 1 aliphatic heterocycles. The molecule has 28 heavy (non-hydrogen) atoms. The van der Waals surface area contributed by atoms with Crippen LogP contribution >= 0.6 is 12.4 Å². The summed E-state index contributed by atoms with van der Waals surface area (Å²) in [6.45, 7) is 1.54. The third-order valence-corrected chi connectivity index (χ3v) is 4.72. The fraction of sp³-hybridized carbons (Fsp3) is 0.364. The van der Waals surface area contributed by atoms with Crippen LogP contribution in [0.2, 0.25) is 0 Å². The lowest BCUT2D eigenvalue weighted by Crippen LogP contribution is -2.35. The monoisotopic (exact) mass is 404 g/mol. The van der Waals surface area contributed by atoms with Gasteiger partial charge in [0.2, 0.25) is 0 Å². The van der Waals surface area contributed by atoms with Gasteiger partial charge in [0.15, 0.2) is 5.75 Å². The first-order chi connectivity index (χ1) is 13.0. The zero-order chi connectivity index (χ0) is 19.2. The summed E-state index contributed by atoms with van der Waals surface area (Å²) < 4.78 is 13.0. The summed E-state index contributed by atoms with van der Waals surface area (Å²) in [7, 11) is 4.12. The van der Waals surface area contributed by atoms with E-state index in [2.05, 4.69) is 43.3 Å². The summed E-state index contributed by atoms with van der Waals surface area (Å²) in [5, 5.41) is 1.58. The molecule has 0 N–H and O–H groups in total. The normalized spacial score (nSPS) is 16.5. The number of halogens is 2. The van der Waals surface area contributed by atoms with Crippen molar-refractivity contribution in [1.82, 2.24) is 9.96 Å². The first-order valence-electron chi connectivity index (χ1n) is 9.21. The van der Waals surface area contributed by atoms with Gasteiger partial charge >= 0.3 is 0 Å². The van der Waals surface area contributed by atoms with Gasteiger partial charge in [-0.25, -0.2) is 14.2 Å². The Balaban J connectivity index is 0.00000280. The highest BCUT2D eigenvalue weighted by Gasteiger charge is 2.25. The van der Waals surface area contributed by atoms with Crippen molar-refractivity contribution in [1.29, 1.82) is 0 Å². The highest BCUT2D eigenvalue weighted by molar-refractivity contribution is 5.85. The van der Waals surface area contributed by atoms with E-state index in [1.165, 1.54) is 23.3 Å². The molecule has 1 fully saturated rings. The standard InChI is InChI=1S/C22H25FN2O2.ClH/c1-24(2)15-18-5-3-17(4-6-18)13-19-11-12-25(21(14-19)16-26)27-22-9-7-20(23)8-10-22;/h3-10,19H,11-15H2,1-2H3;1H. The summed E-state index contributed by atoms with van der Waals surface area (Å²) in [6.07, 6.45) is 2.48. The van der Waals surface area contributed by atoms with E-state index in [1.807, 2.05) is 5.94 Å². The van der Waals surface area contributed by atoms with Crippen molar-refractivity contribution >= 4 is 18.3 Å². The Labute approximate surface area is 172 Å². The molecule has 2 aromatic rings. The number of piperidine rings is 1. The molecule has 4 nitrogen and oxygen atoms in total. The minimum absolute atomic E-state index is 0. The van der Waals surface area contributed by atoms with Gasteiger partial charge in [0, 0.05) is 13.0 Å². The fourth-order valence-electron chi connectivity index (χ4n) is 3.38. The first-order valence-corrected chi connectivity index (χ1v) is 9.21. The summed E-state index contributed by atoms with van der Waals surface area (Å²) >= 11 is 0. The number of carbonyl (C=O) groups excluding carboxylic acids is 1. The van der Waals surface area contributed by atoms with E-state index in [4.69, 9.17) is 4.84 Å². The number of hydrogen-bond acceptors (Lipinski definition) is 4. The maximum Gasteiger partial charge on any atom is 0.155 e. The summed E-state index contributed by atoms with van der Waals surface area (Å²) in [5.74, 6) is 2.60. The van der Waals surface area contributed by atoms with Crippen LogP contribution in [0, 0.1) is 11.7 Å². The lowest BCUT2D eigenvalue weighted by atomic mass is 9.89. The molecule has 6 heteroatoms. The van der Waals surface area contributed by atoms with Crippen LogP contribution in [0.5, 0.6) is 5.75 Å². The van der Waals surface area contributed by atoms with E-state index < -0.39 is 0 Å². The molecule has 1 atom stereocenters. The number of nitrogens with zero attached hydrogens (tertiary/aromatic N) is 2. The Kier molecular flexibility index (Phi) is 8.06. The molecule has 3 rings (SSSR count). The van der Waals surface area contributed by atoms with Gasteiger partial charge in [-0.05, 0) is 68.2 Å². The van der Waals surface area contributed by atoms with Crippen molar-refractivity contribution < 1.29 is 14.0 Å². The molecular weight excluding hydrogens is 379 g/mol. The number of benzene rings is 2. The molecule has 150 valence electrons. The summed E-state index contributed by atoms with van der Waals surface area (Å²) in [5.41, 5.74) is 3.08. The molecule has 0 saturated carbocycles. The van der Waals surface area contributed by atoms with E-state index >= 15 is 0 Å². The van der Waals surface area contributed by atoms with Crippen LogP contribution in [0.15, 0.2) is 54.2 Å². The molecule has 0 aromatic heterocycles. The molecular formula is C22H26ClFN2O2. The Morgan fingerprint density at radius 1 is 1.11 bits per heavy atom. The second-order valence-electron chi connectivity index (χ2n) is 7.31. The average Bonchev–Trinajstić information content (AvgIpc) is 2.66. The molecule has 0 bridgehead atoms. The van der Waals surface area contributed by atoms with Gasteiger partial charge in [0.25, 0.3) is 0 Å². The van der Waals surface area contributed by atoms with E-state index in [-0.39, 0.29) is 18.2 Å². The maximum atomic E-state index is 13.0. The van der Waals surface area contributed by atoms with Crippen molar-refractivity contribution in [2.24, 2.45) is 5.92 Å². The Hall–Kier alpha value is -2.33. The van der Waals surface area contributed by atoms with Crippen molar-refractivity contribution in [2.75, 3.05) is 20.6 Å². The lowest BCUT2D eigenvalue weighted by Gasteiger charge is -2.33. The molecule has 0 amide bonds. The predicted molar refractivity (Wildman–Crippen MR) is 110 cm³/mol. The topological polar surface area (TPSA) is 32.8 Å². The number of rotatable bonds is 6. The Morgan fingerprint density at radius 3 is 2.36 bits per heavy atom. The minimum Gasteiger partial charge on any atom is -0.379 e. The van der Waals surface area contributed by atoms with Crippen LogP contribution in [0.1, 0.15) is 24.0 Å². The van der Waals surface area contributed by atoms with E-state index in [0.717, 1.165) is 19.4 Å². The van der Waals surface area contributed by atoms with Crippen LogP contribution in [0.4, 0.5) is 4.39 Å². The zero-order valence-electron chi connectivity index (χ0n) is 16.2. The minimum atomic E-state index is -0.316. The summed E-state index contributed by atoms with van der Waals surface area (Å²) in [4.78, 5) is 19.3. The van der Waals surface area contributed by atoms with Gasteiger partial charge < -0.3 is 9.74 Å². The van der Waals surface area contributed by atoms with Crippen molar-refractivity contribution in [2.45, 2.75) is 25.8 Å². The molecule has 1 aliphatic rings. The second kappa shape index (κ2) is 10.3. The van der Waals surface area contributed by atoms with Gasteiger partial charge in [-0.1, -0.05) is 24.3 Å². The number of hydroxylamine groups is 2. The number of allylic oxidation sites excluding steroid dienone is 1. The molecule has 0 aliphatic carbocycles. The highest BCUT2D eigenvalue weighted by atomic mass is 35.5. The van der Waals surface area contributed by atoms with Gasteiger partial charge in [0.1, 0.15) is 17.5 Å². The highest BCUT2D eigenvalue weighted by Crippen LogP contribution is 2.28. The van der Waals surface area contributed by atoms with Gasteiger partial charge in [-0.2, -0.15) is 0 Å². The van der Waals surface area contributed by atoms with Crippen molar-refractivity contribution in [3.8, 4) is 5.75 Å². The van der Waals surface area contributed by atoms with Crippen LogP contribution in [-0.2, 0) is 17.8 Å². The molecule has 0 radical (unpaired) electrons. The third-order valence-electron chi connectivity index (χ3n) is 4.72. The lowest BCUT2D eigenvalue weighted by molar-refractivity contribution is -0.0439. The van der Waals surface area contributed by atoms with E-state index in [0.29, 0.717) is 30.3 Å². The van der Waals surface area contributed by atoms with Crippen molar-refractivity contribution in [3.63, 3.8) is 0 Å². The first kappa shape index (κ1) is 22.0. The number of hydrogen-bond donors (Lipinski definition) is 0. The van der Waals surface area contributed by atoms with Crippen molar-refractivity contribution in [3.05, 3.63) is 71.2 Å². The van der Waals surface area contributed by atoms with Gasteiger partial charge in [-0.15, -0.1) is 12.4 Å². The molecule has 1 unspecified atom stereocenters. The zero-order valence-corrected chi connectivity index (χ0v) is 17.0. The molecule has 1 heterocycles. The Morgan fingerprint density at radius 2 is 1.75 bits per heavy atom. The fourth-order valence-corrected chi connectivity index (χ4v) is 3.38. The van der Waals surface area contributed by atoms with Gasteiger partial charge in [0.05, 0.1) is 6.54 Å². The van der Waals surface area contributed by atoms with Crippen LogP contribution < -0.4 is 4.84 Å². The smallest absolute Gasteiger partial charge is 0.155 e. The van der Waals surface area contributed by atoms with E-state index in [1.54, 1.807) is 17.2 Å². The third kappa shape index (κ3) is 6.10. The second-order valence-corrected chi connectivity index (χ2v) is 7.31. The molecule has 2 aromatic carbocycles. The van der Waals surface area contributed by atoms with Gasteiger partial charge in [-0.3, -0.25) is 0 Å². The van der Waals surface area contributed by atoms with Crippen LogP contribution in [0.25, 0.3) is 0 Å². The van der Waals surface area contributed by atoms with Crippen LogP contribution in [-0.4, -0.2) is 36.5 Å². The van der Waals surface area contributed by atoms with Crippen LogP contribution in [0.3, 0.4) is 0 Å². The predicted octanol–water partition coefficient (Wildman–Crippen LogP) is 4.27. The summed E-state index contributed by atoms with van der Waals surface area (Å²) in [6, 6.07) is 14.5. The Bertz CT molecular complexity index is 802. The average molecular weight is 405 g/mol. The maximum absolute atomic E-state index is 13.0. The quantitative estimate of drug-likeness (QED) is 0.673.